The Morgan fingerprint density at radius 2 is 1.80 bits per heavy atom. The van der Waals surface area contributed by atoms with Crippen LogP contribution >= 0.6 is 0 Å². The van der Waals surface area contributed by atoms with Gasteiger partial charge >= 0.3 is 5.97 Å². The van der Waals surface area contributed by atoms with Crippen molar-refractivity contribution in [2.45, 2.75) is 84.2 Å². The molecule has 0 bridgehead atoms. The van der Waals surface area contributed by atoms with Crippen LogP contribution in [0, 0.1) is 12.8 Å². The van der Waals surface area contributed by atoms with Crippen molar-refractivity contribution in [2.24, 2.45) is 5.92 Å². The van der Waals surface area contributed by atoms with E-state index in [4.69, 9.17) is 4.74 Å². The molecular weight excluding hydrogens is 374 g/mol. The second kappa shape index (κ2) is 7.72. The molecule has 1 heterocycles. The minimum atomic E-state index is -0.320. The van der Waals surface area contributed by atoms with Gasteiger partial charge in [0.25, 0.3) is 0 Å². The Morgan fingerprint density at radius 3 is 2.40 bits per heavy atom. The van der Waals surface area contributed by atoms with E-state index < -0.39 is 0 Å². The first-order valence-electron chi connectivity index (χ1n) is 11.2. The van der Waals surface area contributed by atoms with Crippen LogP contribution in [-0.2, 0) is 16.6 Å². The Hall–Kier alpha value is -2.36. The van der Waals surface area contributed by atoms with E-state index in [1.807, 2.05) is 6.92 Å². The number of nitrogens with one attached hydrogen (secondary N) is 1. The quantitative estimate of drug-likeness (QED) is 0.647. The van der Waals surface area contributed by atoms with Gasteiger partial charge in [0.15, 0.2) is 5.78 Å². The topological polar surface area (TPSA) is 59.2 Å². The van der Waals surface area contributed by atoms with Crippen LogP contribution in [0.3, 0.4) is 0 Å². The summed E-state index contributed by atoms with van der Waals surface area (Å²) < 4.78 is 5.78. The summed E-state index contributed by atoms with van der Waals surface area (Å²) in [7, 11) is 0. The van der Waals surface area contributed by atoms with E-state index in [0.29, 0.717) is 23.6 Å². The number of carbonyl (C=O) groups is 2. The predicted octanol–water partition coefficient (Wildman–Crippen LogP) is 5.88. The molecule has 2 aromatic rings. The molecule has 4 heteroatoms. The lowest BCUT2D eigenvalue weighted by molar-refractivity contribution is 0.0219. The molecule has 4 nitrogen and oxygen atoms in total. The number of H-pyrrole nitrogens is 1. The van der Waals surface area contributed by atoms with E-state index in [0.717, 1.165) is 36.9 Å². The lowest BCUT2D eigenvalue weighted by Gasteiger charge is -2.24. The van der Waals surface area contributed by atoms with Crippen LogP contribution < -0.4 is 0 Å². The Labute approximate surface area is 179 Å². The molecule has 2 aliphatic carbocycles. The maximum atomic E-state index is 13.0. The van der Waals surface area contributed by atoms with E-state index in [1.165, 1.54) is 11.1 Å². The number of ether oxygens (including phenoxy) is 1. The van der Waals surface area contributed by atoms with Crippen LogP contribution in [0.5, 0.6) is 0 Å². The lowest BCUT2D eigenvalue weighted by Crippen LogP contribution is -2.21. The molecule has 0 amide bonds. The van der Waals surface area contributed by atoms with Gasteiger partial charge in [-0.05, 0) is 66.5 Å². The van der Waals surface area contributed by atoms with Crippen LogP contribution in [0.1, 0.15) is 103 Å². The summed E-state index contributed by atoms with van der Waals surface area (Å²) in [5.41, 5.74) is 5.35. The molecule has 30 heavy (non-hydrogen) atoms. The molecule has 0 aliphatic heterocycles. The second-order valence-corrected chi connectivity index (χ2v) is 10.2. The molecule has 2 aliphatic rings. The second-order valence-electron chi connectivity index (χ2n) is 10.2. The number of aromatic amines is 1. The van der Waals surface area contributed by atoms with Crippen molar-refractivity contribution in [3.05, 3.63) is 57.9 Å². The van der Waals surface area contributed by atoms with Crippen molar-refractivity contribution in [3.63, 3.8) is 0 Å². The fourth-order valence-corrected chi connectivity index (χ4v) is 5.01. The number of esters is 1. The van der Waals surface area contributed by atoms with Gasteiger partial charge in [0, 0.05) is 17.7 Å². The summed E-state index contributed by atoms with van der Waals surface area (Å²) in [5, 5.41) is 0. The van der Waals surface area contributed by atoms with Crippen LogP contribution in [-0.4, -0.2) is 22.8 Å². The Bertz CT molecular complexity index is 961. The highest BCUT2D eigenvalue weighted by atomic mass is 16.5. The number of aromatic nitrogens is 1. The zero-order valence-corrected chi connectivity index (χ0v) is 18.8. The van der Waals surface area contributed by atoms with Gasteiger partial charge in [-0.2, -0.15) is 0 Å². The number of Topliss-reactive ketones (excluding diaryl/α,β-unsaturated/α-hetero) is 1. The van der Waals surface area contributed by atoms with E-state index in [2.05, 4.69) is 56.9 Å². The smallest absolute Gasteiger partial charge is 0.355 e. The Kier molecular flexibility index (Phi) is 5.37. The van der Waals surface area contributed by atoms with Gasteiger partial charge in [-0.1, -0.05) is 52.0 Å². The summed E-state index contributed by atoms with van der Waals surface area (Å²) in [6, 6.07) is 8.63. The van der Waals surface area contributed by atoms with E-state index in [-0.39, 0.29) is 29.2 Å². The summed E-state index contributed by atoms with van der Waals surface area (Å²) in [6.07, 6.45) is 4.35. The normalized spacial score (nSPS) is 24.0. The maximum Gasteiger partial charge on any atom is 0.355 e. The van der Waals surface area contributed by atoms with Gasteiger partial charge in [0.2, 0.25) is 0 Å². The third kappa shape index (κ3) is 3.84. The van der Waals surface area contributed by atoms with Crippen molar-refractivity contribution >= 4 is 11.8 Å². The van der Waals surface area contributed by atoms with Crippen molar-refractivity contribution < 1.29 is 14.3 Å². The summed E-state index contributed by atoms with van der Waals surface area (Å²) >= 11 is 0. The molecule has 0 spiro atoms. The highest BCUT2D eigenvalue weighted by Crippen LogP contribution is 2.36. The molecule has 1 N–H and O–H groups in total. The highest BCUT2D eigenvalue weighted by Gasteiger charge is 2.34. The van der Waals surface area contributed by atoms with Gasteiger partial charge < -0.3 is 9.72 Å². The summed E-state index contributed by atoms with van der Waals surface area (Å²) in [5.74, 6) is 0.333. The van der Waals surface area contributed by atoms with Crippen LogP contribution in [0.25, 0.3) is 0 Å². The lowest BCUT2D eigenvalue weighted by atomic mass is 9.80. The molecular formula is C26H33NO3. The monoisotopic (exact) mass is 407 g/mol. The van der Waals surface area contributed by atoms with E-state index in [1.54, 1.807) is 0 Å². The predicted molar refractivity (Wildman–Crippen MR) is 118 cm³/mol. The first-order valence-corrected chi connectivity index (χ1v) is 11.2. The largest absolute Gasteiger partial charge is 0.457 e. The summed E-state index contributed by atoms with van der Waals surface area (Å²) in [6.45, 7) is 10.6. The molecule has 0 radical (unpaired) electrons. The molecule has 1 aromatic heterocycles. The van der Waals surface area contributed by atoms with Crippen molar-refractivity contribution in [1.29, 1.82) is 0 Å². The molecule has 1 aromatic carbocycles. The third-order valence-corrected chi connectivity index (χ3v) is 6.98. The van der Waals surface area contributed by atoms with Crippen LogP contribution in [0.15, 0.2) is 24.3 Å². The molecule has 0 unspecified atom stereocenters. The number of carbonyl (C=O) groups excluding carboxylic acids is 2. The number of benzene rings is 1. The first-order chi connectivity index (χ1) is 14.1. The van der Waals surface area contributed by atoms with Crippen molar-refractivity contribution in [2.75, 3.05) is 0 Å². The molecule has 1 saturated carbocycles. The third-order valence-electron chi connectivity index (χ3n) is 6.98. The van der Waals surface area contributed by atoms with Gasteiger partial charge in [0.05, 0.1) is 0 Å². The standard InChI is InChI=1S/C26H33NO3/c1-15-7-6-8-22(15)30-25(29)24-16(2)23-20(27-24)13-18(14-21(23)28)17-9-11-19(12-10-17)26(3,4)5/h9-12,15,18,22,27H,6-8,13-14H2,1-5H3/t15-,18-,22-/m1/s1. The minimum absolute atomic E-state index is 0.0120. The average Bonchev–Trinajstić information content (AvgIpc) is 3.24. The van der Waals surface area contributed by atoms with Gasteiger partial charge in [0.1, 0.15) is 11.8 Å². The van der Waals surface area contributed by atoms with Gasteiger partial charge in [-0.15, -0.1) is 0 Å². The Balaban J connectivity index is 1.55. The van der Waals surface area contributed by atoms with Gasteiger partial charge in [-0.3, -0.25) is 4.79 Å². The van der Waals surface area contributed by atoms with Crippen LogP contribution in [0.4, 0.5) is 0 Å². The summed E-state index contributed by atoms with van der Waals surface area (Å²) in [4.78, 5) is 29.0. The molecule has 3 atom stereocenters. The number of hydrogen-bond acceptors (Lipinski definition) is 3. The van der Waals surface area contributed by atoms with Gasteiger partial charge in [-0.25, -0.2) is 4.79 Å². The first kappa shape index (κ1) is 20.9. The minimum Gasteiger partial charge on any atom is -0.457 e. The number of hydrogen-bond donors (Lipinski definition) is 1. The molecule has 0 saturated heterocycles. The Morgan fingerprint density at radius 1 is 1.10 bits per heavy atom. The molecule has 1 fully saturated rings. The highest BCUT2D eigenvalue weighted by molar-refractivity contribution is 6.03. The van der Waals surface area contributed by atoms with Crippen LogP contribution in [0.2, 0.25) is 0 Å². The molecule has 4 rings (SSSR count). The fraction of sp³-hybridized carbons (Fsp3) is 0.538. The number of fused-ring (bicyclic) bond motifs is 1. The number of rotatable bonds is 3. The van der Waals surface area contributed by atoms with Crippen molar-refractivity contribution in [1.82, 2.24) is 4.98 Å². The van der Waals surface area contributed by atoms with E-state index in [9.17, 15) is 9.59 Å². The molecule has 160 valence electrons. The average molecular weight is 408 g/mol. The van der Waals surface area contributed by atoms with E-state index >= 15 is 0 Å². The fourth-order valence-electron chi connectivity index (χ4n) is 5.01. The SMILES string of the molecule is Cc1c(C(=O)O[C@@H]2CCC[C@H]2C)[nH]c2c1C(=O)C[C@H](c1ccc(C(C)(C)C)cc1)C2. The number of ketones is 1. The zero-order chi connectivity index (χ0) is 21.6. The maximum absolute atomic E-state index is 13.0. The zero-order valence-electron chi connectivity index (χ0n) is 18.8. The van der Waals surface area contributed by atoms with Crippen molar-refractivity contribution in [3.8, 4) is 0 Å².